The molecule has 1 amide bonds. The van der Waals surface area contributed by atoms with Gasteiger partial charge in [0.05, 0.1) is 0 Å². The molecular formula is C18H23BrN2O. The fourth-order valence-corrected chi connectivity index (χ4v) is 3.86. The first-order valence-corrected chi connectivity index (χ1v) is 8.99. The van der Waals surface area contributed by atoms with E-state index in [1.165, 1.54) is 25.9 Å². The van der Waals surface area contributed by atoms with Gasteiger partial charge in [0, 0.05) is 29.7 Å². The first-order valence-electron chi connectivity index (χ1n) is 8.19. The Morgan fingerprint density at radius 2 is 1.95 bits per heavy atom. The van der Waals surface area contributed by atoms with E-state index in [-0.39, 0.29) is 5.91 Å². The van der Waals surface area contributed by atoms with E-state index in [1.54, 1.807) is 6.08 Å². The summed E-state index contributed by atoms with van der Waals surface area (Å²) in [7, 11) is 0. The van der Waals surface area contributed by atoms with Crippen molar-refractivity contribution in [1.82, 2.24) is 9.80 Å². The first-order chi connectivity index (χ1) is 10.7. The number of likely N-dealkylation sites (tertiary alicyclic amines) is 2. The number of halogens is 1. The molecule has 2 saturated heterocycles. The molecule has 1 atom stereocenters. The normalized spacial score (nSPS) is 22.8. The largest absolute Gasteiger partial charge is 0.335 e. The maximum absolute atomic E-state index is 12.5. The van der Waals surface area contributed by atoms with Crippen LogP contribution in [0.5, 0.6) is 0 Å². The lowest BCUT2D eigenvalue weighted by molar-refractivity contribution is -0.127. The molecule has 0 saturated carbocycles. The Balaban J connectivity index is 1.62. The molecule has 2 aliphatic heterocycles. The van der Waals surface area contributed by atoms with Crippen LogP contribution >= 0.6 is 15.9 Å². The van der Waals surface area contributed by atoms with Crippen molar-refractivity contribution < 1.29 is 4.79 Å². The quantitative estimate of drug-likeness (QED) is 0.764. The standard InChI is InChI=1S/C18H23BrN2O/c19-17-8-2-1-6-15(17)9-10-18(22)21-13-5-7-16(21)14-20-11-3-4-12-20/h1-2,6,8-10,16H,3-5,7,11-14H2/b10-9+/t16-/m0/s1. The molecule has 1 aromatic rings. The highest BCUT2D eigenvalue weighted by atomic mass is 79.9. The number of hydrogen-bond donors (Lipinski definition) is 0. The third-order valence-electron chi connectivity index (χ3n) is 4.64. The molecule has 0 radical (unpaired) electrons. The average Bonchev–Trinajstić information content (AvgIpc) is 3.18. The lowest BCUT2D eigenvalue weighted by atomic mass is 10.2. The van der Waals surface area contributed by atoms with Gasteiger partial charge in [-0.2, -0.15) is 0 Å². The maximum Gasteiger partial charge on any atom is 0.246 e. The van der Waals surface area contributed by atoms with Gasteiger partial charge in [0.1, 0.15) is 0 Å². The van der Waals surface area contributed by atoms with Crippen molar-refractivity contribution in [2.75, 3.05) is 26.2 Å². The van der Waals surface area contributed by atoms with E-state index < -0.39 is 0 Å². The molecule has 2 heterocycles. The molecule has 0 unspecified atom stereocenters. The molecular weight excluding hydrogens is 340 g/mol. The Kier molecular flexibility index (Phi) is 5.32. The molecule has 0 bridgehead atoms. The van der Waals surface area contributed by atoms with Crippen LogP contribution in [0.25, 0.3) is 6.08 Å². The lowest BCUT2D eigenvalue weighted by Crippen LogP contribution is -2.41. The minimum atomic E-state index is 0.150. The van der Waals surface area contributed by atoms with Crippen molar-refractivity contribution >= 4 is 27.9 Å². The summed E-state index contributed by atoms with van der Waals surface area (Å²) >= 11 is 3.52. The summed E-state index contributed by atoms with van der Waals surface area (Å²) in [5, 5.41) is 0. The molecule has 0 aromatic heterocycles. The fourth-order valence-electron chi connectivity index (χ4n) is 3.45. The summed E-state index contributed by atoms with van der Waals surface area (Å²) in [6.45, 7) is 4.35. The summed E-state index contributed by atoms with van der Waals surface area (Å²) in [6.07, 6.45) is 8.53. The zero-order valence-electron chi connectivity index (χ0n) is 12.9. The summed E-state index contributed by atoms with van der Waals surface area (Å²) in [5.41, 5.74) is 1.05. The molecule has 118 valence electrons. The smallest absolute Gasteiger partial charge is 0.246 e. The van der Waals surface area contributed by atoms with Gasteiger partial charge in [-0.3, -0.25) is 4.79 Å². The molecule has 3 nitrogen and oxygen atoms in total. The lowest BCUT2D eigenvalue weighted by Gasteiger charge is -2.27. The zero-order valence-corrected chi connectivity index (χ0v) is 14.5. The highest BCUT2D eigenvalue weighted by Gasteiger charge is 2.29. The van der Waals surface area contributed by atoms with Gasteiger partial charge >= 0.3 is 0 Å². The minimum absolute atomic E-state index is 0.150. The molecule has 22 heavy (non-hydrogen) atoms. The van der Waals surface area contributed by atoms with Crippen molar-refractivity contribution in [1.29, 1.82) is 0 Å². The Labute approximate surface area is 141 Å². The van der Waals surface area contributed by atoms with Crippen molar-refractivity contribution in [3.8, 4) is 0 Å². The van der Waals surface area contributed by atoms with Gasteiger partial charge in [-0.15, -0.1) is 0 Å². The third kappa shape index (κ3) is 3.79. The van der Waals surface area contributed by atoms with Crippen LogP contribution < -0.4 is 0 Å². The Hall–Kier alpha value is -1.13. The number of nitrogens with zero attached hydrogens (tertiary/aromatic N) is 2. The van der Waals surface area contributed by atoms with Crippen LogP contribution in [0.4, 0.5) is 0 Å². The Bertz CT molecular complexity index is 552. The molecule has 0 spiro atoms. The second-order valence-electron chi connectivity index (χ2n) is 6.19. The second kappa shape index (κ2) is 7.42. The van der Waals surface area contributed by atoms with E-state index in [1.807, 2.05) is 30.3 Å². The summed E-state index contributed by atoms with van der Waals surface area (Å²) in [4.78, 5) is 17.1. The Morgan fingerprint density at radius 3 is 2.73 bits per heavy atom. The first kappa shape index (κ1) is 15.8. The van der Waals surface area contributed by atoms with Gasteiger partial charge in [-0.25, -0.2) is 0 Å². The van der Waals surface area contributed by atoms with Crippen molar-refractivity contribution in [2.24, 2.45) is 0 Å². The van der Waals surface area contributed by atoms with Crippen LogP contribution in [0.1, 0.15) is 31.2 Å². The Morgan fingerprint density at radius 1 is 1.18 bits per heavy atom. The molecule has 2 aliphatic rings. The van der Waals surface area contributed by atoms with Gasteiger partial charge in [0.2, 0.25) is 5.91 Å². The molecule has 0 aliphatic carbocycles. The van der Waals surface area contributed by atoms with E-state index >= 15 is 0 Å². The number of carbonyl (C=O) groups excluding carboxylic acids is 1. The van der Waals surface area contributed by atoms with Gasteiger partial charge in [-0.05, 0) is 56.5 Å². The SMILES string of the molecule is O=C(/C=C/c1ccccc1Br)N1CCC[C@H]1CN1CCCC1. The monoisotopic (exact) mass is 362 g/mol. The highest BCUT2D eigenvalue weighted by Crippen LogP contribution is 2.22. The highest BCUT2D eigenvalue weighted by molar-refractivity contribution is 9.10. The molecule has 3 rings (SSSR count). The number of benzene rings is 1. The number of amides is 1. The molecule has 0 N–H and O–H groups in total. The minimum Gasteiger partial charge on any atom is -0.335 e. The van der Waals surface area contributed by atoms with E-state index in [0.717, 1.165) is 36.0 Å². The molecule has 1 aromatic carbocycles. The maximum atomic E-state index is 12.5. The summed E-state index contributed by atoms with van der Waals surface area (Å²) in [5.74, 6) is 0.150. The van der Waals surface area contributed by atoms with Gasteiger partial charge in [0.15, 0.2) is 0 Å². The van der Waals surface area contributed by atoms with Crippen molar-refractivity contribution in [3.05, 3.63) is 40.4 Å². The predicted molar refractivity (Wildman–Crippen MR) is 93.6 cm³/mol. The van der Waals surface area contributed by atoms with Gasteiger partial charge in [0.25, 0.3) is 0 Å². The summed E-state index contributed by atoms with van der Waals surface area (Å²) in [6, 6.07) is 8.38. The van der Waals surface area contributed by atoms with Crippen molar-refractivity contribution in [3.63, 3.8) is 0 Å². The number of rotatable bonds is 4. The van der Waals surface area contributed by atoms with Crippen LogP contribution in [0, 0.1) is 0 Å². The van der Waals surface area contributed by atoms with Crippen LogP contribution in [-0.2, 0) is 4.79 Å². The van der Waals surface area contributed by atoms with Crippen LogP contribution in [0.2, 0.25) is 0 Å². The van der Waals surface area contributed by atoms with E-state index in [4.69, 9.17) is 0 Å². The van der Waals surface area contributed by atoms with Crippen LogP contribution in [0.15, 0.2) is 34.8 Å². The second-order valence-corrected chi connectivity index (χ2v) is 7.04. The van der Waals surface area contributed by atoms with Gasteiger partial charge in [-0.1, -0.05) is 34.1 Å². The predicted octanol–water partition coefficient (Wildman–Crippen LogP) is 3.55. The molecule has 4 heteroatoms. The third-order valence-corrected chi connectivity index (χ3v) is 5.36. The van der Waals surface area contributed by atoms with Gasteiger partial charge < -0.3 is 9.80 Å². The zero-order chi connectivity index (χ0) is 15.4. The van der Waals surface area contributed by atoms with E-state index in [2.05, 4.69) is 25.7 Å². The van der Waals surface area contributed by atoms with E-state index in [9.17, 15) is 4.79 Å². The number of carbonyl (C=O) groups is 1. The van der Waals surface area contributed by atoms with Crippen molar-refractivity contribution in [2.45, 2.75) is 31.7 Å². The van der Waals surface area contributed by atoms with Crippen LogP contribution in [-0.4, -0.2) is 47.9 Å². The van der Waals surface area contributed by atoms with E-state index in [0.29, 0.717) is 6.04 Å². The fraction of sp³-hybridized carbons (Fsp3) is 0.500. The average molecular weight is 363 g/mol. The molecule has 2 fully saturated rings. The number of hydrogen-bond acceptors (Lipinski definition) is 2. The topological polar surface area (TPSA) is 23.6 Å². The summed E-state index contributed by atoms with van der Waals surface area (Å²) < 4.78 is 1.02. The van der Waals surface area contributed by atoms with Crippen LogP contribution in [0.3, 0.4) is 0 Å².